The molecule has 2 amide bonds. The monoisotopic (exact) mass is 362 g/mol. The lowest BCUT2D eigenvalue weighted by molar-refractivity contribution is -0.274. The van der Waals surface area contributed by atoms with Gasteiger partial charge in [0.05, 0.1) is 16.8 Å². The third kappa shape index (κ3) is 5.35. The van der Waals surface area contributed by atoms with Crippen molar-refractivity contribution in [3.8, 4) is 5.75 Å². The first kappa shape index (κ1) is 17.9. The number of halogens is 3. The van der Waals surface area contributed by atoms with Gasteiger partial charge < -0.3 is 21.1 Å². The summed E-state index contributed by atoms with van der Waals surface area (Å²) in [5.74, 6) is -1.23. The molecule has 11 heteroatoms. The molecule has 1 aromatic heterocycles. The molecule has 0 aliphatic rings. The predicted octanol–water partition coefficient (Wildman–Crippen LogP) is 1.60. The molecule has 0 radical (unpaired) electrons. The first-order valence-electron chi connectivity index (χ1n) is 6.70. The van der Waals surface area contributed by atoms with Gasteiger partial charge in [-0.1, -0.05) is 11.3 Å². The minimum absolute atomic E-state index is 0.108. The second kappa shape index (κ2) is 7.45. The number of nitrogens with one attached hydrogen (secondary N) is 2. The lowest BCUT2D eigenvalue weighted by Crippen LogP contribution is -2.33. The van der Waals surface area contributed by atoms with Crippen molar-refractivity contribution in [3.05, 3.63) is 18.2 Å². The van der Waals surface area contributed by atoms with Crippen LogP contribution in [-0.2, 0) is 9.59 Å². The second-order valence-electron chi connectivity index (χ2n) is 4.56. The number of carbonyl (C=O) groups is 2. The van der Waals surface area contributed by atoms with Crippen molar-refractivity contribution >= 4 is 38.5 Å². The number of rotatable bonds is 6. The Labute approximate surface area is 138 Å². The van der Waals surface area contributed by atoms with Crippen LogP contribution in [0.2, 0.25) is 0 Å². The average molecular weight is 362 g/mol. The summed E-state index contributed by atoms with van der Waals surface area (Å²) in [5.41, 5.74) is 5.62. The Bertz CT molecular complexity index is 748. The van der Waals surface area contributed by atoms with Crippen molar-refractivity contribution < 1.29 is 27.5 Å². The van der Waals surface area contributed by atoms with Crippen LogP contribution >= 0.6 is 11.3 Å². The van der Waals surface area contributed by atoms with Crippen molar-refractivity contribution in [1.82, 2.24) is 10.3 Å². The molecule has 0 spiro atoms. The number of carbonyl (C=O) groups excluding carboxylic acids is 2. The standard InChI is InChI=1S/C13H13F3N4O3S/c14-13(15,16)23-7-1-2-8-9(5-7)24-12(19-8)20-11(22)6-18-10(21)3-4-17/h1-2,5H,3-4,6,17H2,(H,18,21)(H,19,20,22). The van der Waals surface area contributed by atoms with Crippen LogP contribution in [0.4, 0.5) is 18.3 Å². The van der Waals surface area contributed by atoms with Gasteiger partial charge in [0, 0.05) is 19.0 Å². The summed E-state index contributed by atoms with van der Waals surface area (Å²) in [4.78, 5) is 27.0. The Balaban J connectivity index is 2.00. The van der Waals surface area contributed by atoms with Gasteiger partial charge in [-0.25, -0.2) is 4.98 Å². The SMILES string of the molecule is NCCC(=O)NCC(=O)Nc1nc2ccc(OC(F)(F)F)cc2s1. The smallest absolute Gasteiger partial charge is 0.406 e. The Morgan fingerprint density at radius 2 is 2.04 bits per heavy atom. The summed E-state index contributed by atoms with van der Waals surface area (Å²) in [6.07, 6.45) is -4.67. The fourth-order valence-corrected chi connectivity index (χ4v) is 2.63. The molecular weight excluding hydrogens is 349 g/mol. The lowest BCUT2D eigenvalue weighted by atomic mass is 10.3. The number of alkyl halides is 3. The van der Waals surface area contributed by atoms with E-state index in [2.05, 4.69) is 20.4 Å². The number of benzene rings is 1. The molecule has 0 aliphatic heterocycles. The predicted molar refractivity (Wildman–Crippen MR) is 81.6 cm³/mol. The van der Waals surface area contributed by atoms with E-state index >= 15 is 0 Å². The molecule has 0 fully saturated rings. The molecule has 4 N–H and O–H groups in total. The van der Waals surface area contributed by atoms with E-state index in [9.17, 15) is 22.8 Å². The Kier molecular flexibility index (Phi) is 5.57. The van der Waals surface area contributed by atoms with Crippen molar-refractivity contribution in [2.75, 3.05) is 18.4 Å². The normalized spacial score (nSPS) is 11.3. The Morgan fingerprint density at radius 3 is 2.71 bits per heavy atom. The molecule has 0 saturated carbocycles. The van der Waals surface area contributed by atoms with E-state index < -0.39 is 12.3 Å². The fraction of sp³-hybridized carbons (Fsp3) is 0.308. The quantitative estimate of drug-likeness (QED) is 0.724. The summed E-state index contributed by atoms with van der Waals surface area (Å²) >= 11 is 0.987. The lowest BCUT2D eigenvalue weighted by Gasteiger charge is -2.07. The fourth-order valence-electron chi connectivity index (χ4n) is 1.72. The van der Waals surface area contributed by atoms with Crippen molar-refractivity contribution in [2.24, 2.45) is 5.73 Å². The number of aromatic nitrogens is 1. The van der Waals surface area contributed by atoms with Crippen LogP contribution in [0.1, 0.15) is 6.42 Å². The molecule has 0 saturated heterocycles. The van der Waals surface area contributed by atoms with E-state index in [4.69, 9.17) is 5.73 Å². The molecule has 7 nitrogen and oxygen atoms in total. The van der Waals surface area contributed by atoms with Crippen molar-refractivity contribution in [1.29, 1.82) is 0 Å². The maximum Gasteiger partial charge on any atom is 0.573 e. The second-order valence-corrected chi connectivity index (χ2v) is 5.59. The minimum Gasteiger partial charge on any atom is -0.406 e. The van der Waals surface area contributed by atoms with Crippen LogP contribution in [0.15, 0.2) is 18.2 Å². The van der Waals surface area contributed by atoms with Crippen LogP contribution in [0.25, 0.3) is 10.2 Å². The van der Waals surface area contributed by atoms with Crippen LogP contribution in [0.5, 0.6) is 5.75 Å². The zero-order valence-corrected chi connectivity index (χ0v) is 13.0. The van der Waals surface area contributed by atoms with Gasteiger partial charge in [0.25, 0.3) is 0 Å². The summed E-state index contributed by atoms with van der Waals surface area (Å²) in [5, 5.41) is 5.03. The van der Waals surface area contributed by atoms with Crippen LogP contribution in [0, 0.1) is 0 Å². The van der Waals surface area contributed by atoms with Gasteiger partial charge in [-0.3, -0.25) is 9.59 Å². The number of amides is 2. The van der Waals surface area contributed by atoms with Crippen LogP contribution in [0.3, 0.4) is 0 Å². The van der Waals surface area contributed by atoms with Gasteiger partial charge >= 0.3 is 6.36 Å². The first-order chi connectivity index (χ1) is 11.3. The van der Waals surface area contributed by atoms with E-state index in [1.165, 1.54) is 12.1 Å². The Hall–Kier alpha value is -2.40. The largest absolute Gasteiger partial charge is 0.573 e. The van der Waals surface area contributed by atoms with Gasteiger partial charge in [0.1, 0.15) is 5.75 Å². The van der Waals surface area contributed by atoms with Crippen molar-refractivity contribution in [2.45, 2.75) is 12.8 Å². The number of thiazole rings is 1. The maximum absolute atomic E-state index is 12.2. The summed E-state index contributed by atoms with van der Waals surface area (Å²) in [6, 6.07) is 3.67. The van der Waals surface area contributed by atoms with E-state index in [1.54, 1.807) is 0 Å². The highest BCUT2D eigenvalue weighted by molar-refractivity contribution is 7.22. The van der Waals surface area contributed by atoms with Crippen LogP contribution < -0.4 is 21.1 Å². The third-order valence-corrected chi connectivity index (χ3v) is 3.59. The highest BCUT2D eigenvalue weighted by Crippen LogP contribution is 2.31. The van der Waals surface area contributed by atoms with Crippen molar-refractivity contribution in [3.63, 3.8) is 0 Å². The average Bonchev–Trinajstić information content (AvgIpc) is 2.85. The minimum atomic E-state index is -4.78. The van der Waals surface area contributed by atoms with Gasteiger partial charge in [-0.15, -0.1) is 13.2 Å². The molecule has 2 rings (SSSR count). The molecule has 24 heavy (non-hydrogen) atoms. The number of ether oxygens (including phenoxy) is 1. The first-order valence-corrected chi connectivity index (χ1v) is 7.51. The number of nitrogens with zero attached hydrogens (tertiary/aromatic N) is 1. The molecule has 0 atom stereocenters. The summed E-state index contributed by atoms with van der Waals surface area (Å²) in [6.45, 7) is -0.0785. The number of anilines is 1. The highest BCUT2D eigenvalue weighted by atomic mass is 32.1. The van der Waals surface area contributed by atoms with E-state index in [-0.39, 0.29) is 36.3 Å². The van der Waals surface area contributed by atoms with E-state index in [0.717, 1.165) is 17.4 Å². The van der Waals surface area contributed by atoms with Gasteiger partial charge in [-0.05, 0) is 12.1 Å². The molecule has 0 unspecified atom stereocenters. The summed E-state index contributed by atoms with van der Waals surface area (Å²) < 4.78 is 40.8. The zero-order valence-electron chi connectivity index (χ0n) is 12.1. The topological polar surface area (TPSA) is 106 Å². The molecule has 1 heterocycles. The molecule has 2 aromatic rings. The molecule has 0 bridgehead atoms. The molecular formula is C13H13F3N4O3S. The maximum atomic E-state index is 12.2. The molecule has 0 aliphatic carbocycles. The highest BCUT2D eigenvalue weighted by Gasteiger charge is 2.31. The third-order valence-electron chi connectivity index (χ3n) is 2.66. The van der Waals surface area contributed by atoms with Crippen LogP contribution in [-0.4, -0.2) is 36.3 Å². The summed E-state index contributed by atoms with van der Waals surface area (Å²) in [7, 11) is 0. The molecule has 1 aromatic carbocycles. The zero-order chi connectivity index (χ0) is 17.7. The van der Waals surface area contributed by atoms with E-state index in [1.807, 2.05) is 0 Å². The number of hydrogen-bond acceptors (Lipinski definition) is 6. The number of fused-ring (bicyclic) bond motifs is 1. The van der Waals surface area contributed by atoms with Gasteiger partial charge in [0.2, 0.25) is 11.8 Å². The number of hydrogen-bond donors (Lipinski definition) is 3. The Morgan fingerprint density at radius 1 is 1.29 bits per heavy atom. The van der Waals surface area contributed by atoms with Gasteiger partial charge in [-0.2, -0.15) is 0 Å². The molecule has 130 valence electrons. The van der Waals surface area contributed by atoms with Gasteiger partial charge in [0.15, 0.2) is 5.13 Å². The van der Waals surface area contributed by atoms with E-state index in [0.29, 0.717) is 10.2 Å². The number of nitrogens with two attached hydrogens (primary N) is 1.